The van der Waals surface area contributed by atoms with Crippen LogP contribution in [0.25, 0.3) is 5.82 Å². The van der Waals surface area contributed by atoms with Crippen LogP contribution < -0.4 is 5.32 Å². The summed E-state index contributed by atoms with van der Waals surface area (Å²) in [5.41, 5.74) is 2.20. The Labute approximate surface area is 164 Å². The second kappa shape index (κ2) is 7.60. The number of nitrogens with zero attached hydrogens (tertiary/aromatic N) is 4. The van der Waals surface area contributed by atoms with Crippen molar-refractivity contribution in [1.29, 1.82) is 0 Å². The molecule has 27 heavy (non-hydrogen) atoms. The SMILES string of the molecule is Cc1cc(C)n(-c2ccc(Cl)c(C(=O)N3CCC(NCC4CC4)CC3)n2)n1. The molecule has 144 valence electrons. The monoisotopic (exact) mass is 387 g/mol. The lowest BCUT2D eigenvalue weighted by Crippen LogP contribution is -2.45. The van der Waals surface area contributed by atoms with Gasteiger partial charge in [0, 0.05) is 24.8 Å². The minimum atomic E-state index is -0.0935. The molecule has 4 rings (SSSR count). The lowest BCUT2D eigenvalue weighted by atomic mass is 10.0. The zero-order valence-electron chi connectivity index (χ0n) is 15.9. The van der Waals surface area contributed by atoms with E-state index in [0.717, 1.165) is 49.8 Å². The molecule has 6 nitrogen and oxygen atoms in total. The number of hydrogen-bond donors (Lipinski definition) is 1. The Morgan fingerprint density at radius 2 is 1.96 bits per heavy atom. The predicted molar refractivity (Wildman–Crippen MR) is 105 cm³/mol. The minimum Gasteiger partial charge on any atom is -0.337 e. The van der Waals surface area contributed by atoms with Crippen molar-refractivity contribution in [3.63, 3.8) is 0 Å². The molecule has 1 saturated heterocycles. The fourth-order valence-corrected chi connectivity index (χ4v) is 3.84. The molecule has 7 heteroatoms. The molecule has 0 radical (unpaired) electrons. The fourth-order valence-electron chi connectivity index (χ4n) is 3.65. The van der Waals surface area contributed by atoms with Gasteiger partial charge in [-0.2, -0.15) is 5.10 Å². The Bertz CT molecular complexity index is 837. The largest absolute Gasteiger partial charge is 0.337 e. The number of pyridine rings is 1. The smallest absolute Gasteiger partial charge is 0.274 e. The van der Waals surface area contributed by atoms with Crippen molar-refractivity contribution in [2.45, 2.75) is 45.6 Å². The average Bonchev–Trinajstić information content (AvgIpc) is 3.43. The standard InChI is InChI=1S/C20H26ClN5O/c1-13-11-14(2)26(24-13)18-6-5-17(21)19(23-18)20(27)25-9-7-16(8-10-25)22-12-15-3-4-15/h5-6,11,15-16,22H,3-4,7-10,12H2,1-2H3. The van der Waals surface area contributed by atoms with Crippen molar-refractivity contribution in [2.24, 2.45) is 5.92 Å². The van der Waals surface area contributed by atoms with E-state index < -0.39 is 0 Å². The predicted octanol–water partition coefficient (Wildman–Crippen LogP) is 3.14. The Kier molecular flexibility index (Phi) is 5.19. The summed E-state index contributed by atoms with van der Waals surface area (Å²) < 4.78 is 1.75. The van der Waals surface area contributed by atoms with Crippen molar-refractivity contribution < 1.29 is 4.79 Å². The number of hydrogen-bond acceptors (Lipinski definition) is 4. The average molecular weight is 388 g/mol. The van der Waals surface area contributed by atoms with E-state index >= 15 is 0 Å². The molecule has 2 aromatic heterocycles. The van der Waals surface area contributed by atoms with Crippen LogP contribution in [-0.4, -0.2) is 51.2 Å². The van der Waals surface area contributed by atoms with Gasteiger partial charge in [0.05, 0.1) is 10.7 Å². The molecule has 1 saturated carbocycles. The molecule has 0 aromatic carbocycles. The number of nitrogens with one attached hydrogen (secondary N) is 1. The van der Waals surface area contributed by atoms with E-state index in [2.05, 4.69) is 15.4 Å². The molecule has 2 fully saturated rings. The van der Waals surface area contributed by atoms with E-state index in [1.807, 2.05) is 24.8 Å². The van der Waals surface area contributed by atoms with Crippen molar-refractivity contribution >= 4 is 17.5 Å². The van der Waals surface area contributed by atoms with Gasteiger partial charge in [0.1, 0.15) is 5.69 Å². The van der Waals surface area contributed by atoms with Gasteiger partial charge in [-0.3, -0.25) is 4.79 Å². The normalized spacial score (nSPS) is 18.1. The van der Waals surface area contributed by atoms with Gasteiger partial charge in [-0.25, -0.2) is 9.67 Å². The third-order valence-electron chi connectivity index (χ3n) is 5.43. The zero-order valence-corrected chi connectivity index (χ0v) is 16.7. The molecule has 0 atom stereocenters. The van der Waals surface area contributed by atoms with Crippen LogP contribution in [0, 0.1) is 19.8 Å². The van der Waals surface area contributed by atoms with Crippen molar-refractivity contribution in [3.8, 4) is 5.82 Å². The Morgan fingerprint density at radius 3 is 2.59 bits per heavy atom. The van der Waals surface area contributed by atoms with Gasteiger partial charge in [-0.1, -0.05) is 11.6 Å². The van der Waals surface area contributed by atoms with Crippen LogP contribution in [0.1, 0.15) is 47.6 Å². The van der Waals surface area contributed by atoms with Gasteiger partial charge >= 0.3 is 0 Å². The molecule has 1 amide bonds. The molecule has 0 spiro atoms. The van der Waals surface area contributed by atoms with Crippen molar-refractivity contribution in [2.75, 3.05) is 19.6 Å². The van der Waals surface area contributed by atoms with E-state index in [0.29, 0.717) is 22.6 Å². The third-order valence-corrected chi connectivity index (χ3v) is 5.74. The molecule has 1 aliphatic carbocycles. The van der Waals surface area contributed by atoms with Gasteiger partial charge in [-0.15, -0.1) is 0 Å². The molecular weight excluding hydrogens is 362 g/mol. The lowest BCUT2D eigenvalue weighted by molar-refractivity contribution is 0.0699. The molecule has 2 aliphatic rings. The summed E-state index contributed by atoms with van der Waals surface area (Å²) in [6, 6.07) is 6.03. The van der Waals surface area contributed by atoms with Gasteiger partial charge in [-0.05, 0) is 70.2 Å². The first-order chi connectivity index (χ1) is 13.0. The molecule has 0 bridgehead atoms. The highest BCUT2D eigenvalue weighted by molar-refractivity contribution is 6.33. The van der Waals surface area contributed by atoms with Gasteiger partial charge in [0.25, 0.3) is 5.91 Å². The van der Waals surface area contributed by atoms with E-state index in [9.17, 15) is 4.79 Å². The second-order valence-electron chi connectivity index (χ2n) is 7.76. The molecule has 0 unspecified atom stereocenters. The van der Waals surface area contributed by atoms with E-state index in [1.54, 1.807) is 16.8 Å². The van der Waals surface area contributed by atoms with Gasteiger partial charge < -0.3 is 10.2 Å². The second-order valence-corrected chi connectivity index (χ2v) is 8.16. The summed E-state index contributed by atoms with van der Waals surface area (Å²) in [5.74, 6) is 1.41. The van der Waals surface area contributed by atoms with E-state index in [-0.39, 0.29) is 5.91 Å². The molecule has 3 heterocycles. The van der Waals surface area contributed by atoms with Gasteiger partial charge in [0.15, 0.2) is 5.82 Å². The number of likely N-dealkylation sites (tertiary alicyclic amines) is 1. The van der Waals surface area contributed by atoms with Crippen molar-refractivity contribution in [3.05, 3.63) is 40.3 Å². The Morgan fingerprint density at radius 1 is 1.22 bits per heavy atom. The van der Waals surface area contributed by atoms with Crippen molar-refractivity contribution in [1.82, 2.24) is 25.0 Å². The number of rotatable bonds is 5. The van der Waals surface area contributed by atoms with Crippen LogP contribution >= 0.6 is 11.6 Å². The first-order valence-corrected chi connectivity index (χ1v) is 10.1. The first kappa shape index (κ1) is 18.4. The number of amides is 1. The number of aromatic nitrogens is 3. The Hall–Kier alpha value is -1.92. The molecular formula is C20H26ClN5O. The summed E-state index contributed by atoms with van der Waals surface area (Å²) >= 11 is 6.31. The first-order valence-electron chi connectivity index (χ1n) is 9.74. The summed E-state index contributed by atoms with van der Waals surface area (Å²) in [5, 5.41) is 8.48. The summed E-state index contributed by atoms with van der Waals surface area (Å²) in [6.45, 7) is 6.51. The maximum Gasteiger partial charge on any atom is 0.274 e. The molecule has 1 N–H and O–H groups in total. The number of piperidine rings is 1. The van der Waals surface area contributed by atoms with Gasteiger partial charge in [0.2, 0.25) is 0 Å². The zero-order chi connectivity index (χ0) is 19.0. The number of carbonyl (C=O) groups is 1. The molecule has 2 aromatic rings. The van der Waals surface area contributed by atoms with Crippen LogP contribution in [0.15, 0.2) is 18.2 Å². The van der Waals surface area contributed by atoms with Crippen LogP contribution in [0.3, 0.4) is 0 Å². The van der Waals surface area contributed by atoms with E-state index in [4.69, 9.17) is 11.6 Å². The van der Waals surface area contributed by atoms with Crippen LogP contribution in [-0.2, 0) is 0 Å². The summed E-state index contributed by atoms with van der Waals surface area (Å²) in [6.07, 6.45) is 4.68. The van der Waals surface area contributed by atoms with Crippen LogP contribution in [0.2, 0.25) is 5.02 Å². The summed E-state index contributed by atoms with van der Waals surface area (Å²) in [7, 11) is 0. The Balaban J connectivity index is 1.45. The molecule has 1 aliphatic heterocycles. The highest BCUT2D eigenvalue weighted by Gasteiger charge is 2.28. The summed E-state index contributed by atoms with van der Waals surface area (Å²) in [4.78, 5) is 19.4. The quantitative estimate of drug-likeness (QED) is 0.856. The number of aryl methyl sites for hydroxylation is 2. The van der Waals surface area contributed by atoms with E-state index in [1.165, 1.54) is 12.8 Å². The number of carbonyl (C=O) groups excluding carboxylic acids is 1. The highest BCUT2D eigenvalue weighted by Crippen LogP contribution is 2.28. The lowest BCUT2D eigenvalue weighted by Gasteiger charge is -2.32. The van der Waals surface area contributed by atoms with Crippen LogP contribution in [0.4, 0.5) is 0 Å². The minimum absolute atomic E-state index is 0.0935. The third kappa shape index (κ3) is 4.17. The van der Waals surface area contributed by atoms with Crippen LogP contribution in [0.5, 0.6) is 0 Å². The maximum atomic E-state index is 13.0. The maximum absolute atomic E-state index is 13.0. The highest BCUT2D eigenvalue weighted by atomic mass is 35.5. The fraction of sp³-hybridized carbons (Fsp3) is 0.550. The topological polar surface area (TPSA) is 63.1 Å². The number of halogens is 1.